The van der Waals surface area contributed by atoms with Gasteiger partial charge in [-0.2, -0.15) is 5.26 Å². The lowest BCUT2D eigenvalue weighted by atomic mass is 9.95. The van der Waals surface area contributed by atoms with Crippen LogP contribution in [0, 0.1) is 11.3 Å². The van der Waals surface area contributed by atoms with Crippen molar-refractivity contribution < 1.29 is 9.53 Å². The zero-order valence-corrected chi connectivity index (χ0v) is 21.7. The number of ether oxygens (including phenoxy) is 1. The molecule has 0 aliphatic carbocycles. The first-order valence-electron chi connectivity index (χ1n) is 12.9. The Labute approximate surface area is 220 Å². The molecule has 190 valence electrons. The van der Waals surface area contributed by atoms with Crippen molar-refractivity contribution in [3.8, 4) is 11.8 Å². The zero-order chi connectivity index (χ0) is 25.4. The molecule has 1 aromatic carbocycles. The van der Waals surface area contributed by atoms with Gasteiger partial charge in [0.15, 0.2) is 0 Å². The molecular formula is C28H30N6O2S. The summed E-state index contributed by atoms with van der Waals surface area (Å²) in [5, 5.41) is 17.4. The summed E-state index contributed by atoms with van der Waals surface area (Å²) >= 11 is 1.54. The van der Waals surface area contributed by atoms with Gasteiger partial charge in [0, 0.05) is 42.8 Å². The highest BCUT2D eigenvalue weighted by Crippen LogP contribution is 2.37. The molecule has 5 heterocycles. The summed E-state index contributed by atoms with van der Waals surface area (Å²) in [6.07, 6.45) is 7.20. The summed E-state index contributed by atoms with van der Waals surface area (Å²) in [6.45, 7) is 1.64. The Bertz CT molecular complexity index is 1380. The number of carbonyl (C=O) groups excluding carboxylic acids is 1. The Balaban J connectivity index is 1.10. The average molecular weight is 515 g/mol. The molecule has 0 radical (unpaired) electrons. The molecule has 3 atom stereocenters. The monoisotopic (exact) mass is 514 g/mol. The third kappa shape index (κ3) is 4.89. The number of nitriles is 1. The molecule has 2 N–H and O–H groups in total. The molecule has 37 heavy (non-hydrogen) atoms. The van der Waals surface area contributed by atoms with E-state index in [4.69, 9.17) is 4.74 Å². The molecule has 3 aromatic rings. The van der Waals surface area contributed by atoms with Crippen LogP contribution in [0.25, 0.3) is 10.9 Å². The van der Waals surface area contributed by atoms with Crippen LogP contribution in [0.1, 0.15) is 42.5 Å². The second-order valence-corrected chi connectivity index (χ2v) is 11.1. The zero-order valence-electron chi connectivity index (χ0n) is 20.9. The second kappa shape index (κ2) is 10.3. The van der Waals surface area contributed by atoms with Crippen molar-refractivity contribution in [3.05, 3.63) is 53.3 Å². The third-order valence-corrected chi connectivity index (χ3v) is 8.96. The summed E-state index contributed by atoms with van der Waals surface area (Å²) in [6, 6.07) is 13.9. The van der Waals surface area contributed by atoms with Crippen molar-refractivity contribution in [1.82, 2.24) is 20.2 Å². The smallest absolute Gasteiger partial charge is 0.235 e. The number of fused-ring (bicyclic) bond motifs is 4. The lowest BCUT2D eigenvalue weighted by Crippen LogP contribution is -2.49. The van der Waals surface area contributed by atoms with Gasteiger partial charge >= 0.3 is 0 Å². The Morgan fingerprint density at radius 3 is 2.86 bits per heavy atom. The molecule has 0 saturated carbocycles. The summed E-state index contributed by atoms with van der Waals surface area (Å²) in [7, 11) is 1.66. The second-order valence-electron chi connectivity index (χ2n) is 10.1. The number of carbonyl (C=O) groups is 1. The van der Waals surface area contributed by atoms with Gasteiger partial charge in [-0.1, -0.05) is 0 Å². The van der Waals surface area contributed by atoms with Gasteiger partial charge in [0.2, 0.25) is 5.91 Å². The first-order valence-corrected chi connectivity index (χ1v) is 13.9. The molecular weight excluding hydrogens is 484 g/mol. The van der Waals surface area contributed by atoms with E-state index < -0.39 is 0 Å². The van der Waals surface area contributed by atoms with E-state index in [0.29, 0.717) is 41.8 Å². The maximum absolute atomic E-state index is 11.7. The lowest BCUT2D eigenvalue weighted by molar-refractivity contribution is -0.113. The number of hydrogen-bond acceptors (Lipinski definition) is 8. The summed E-state index contributed by atoms with van der Waals surface area (Å²) in [5.74, 6) is 1.94. The van der Waals surface area contributed by atoms with E-state index >= 15 is 0 Å². The predicted molar refractivity (Wildman–Crippen MR) is 144 cm³/mol. The van der Waals surface area contributed by atoms with Crippen LogP contribution in [0.2, 0.25) is 0 Å². The number of aromatic nitrogens is 2. The van der Waals surface area contributed by atoms with E-state index in [1.807, 2.05) is 18.2 Å². The van der Waals surface area contributed by atoms with Gasteiger partial charge in [-0.3, -0.25) is 14.7 Å². The number of rotatable bonds is 7. The van der Waals surface area contributed by atoms with E-state index in [1.165, 1.54) is 12.8 Å². The summed E-state index contributed by atoms with van der Waals surface area (Å²) in [5.41, 5.74) is 3.57. The Morgan fingerprint density at radius 2 is 2.08 bits per heavy atom. The van der Waals surface area contributed by atoms with Crippen LogP contribution >= 0.6 is 11.8 Å². The molecule has 9 heteroatoms. The van der Waals surface area contributed by atoms with Gasteiger partial charge < -0.3 is 15.4 Å². The minimum Gasteiger partial charge on any atom is -0.497 e. The minimum atomic E-state index is 0.0137. The average Bonchev–Trinajstić information content (AvgIpc) is 3.16. The van der Waals surface area contributed by atoms with Crippen molar-refractivity contribution in [2.45, 2.75) is 61.7 Å². The highest BCUT2D eigenvalue weighted by molar-refractivity contribution is 8.00. The largest absolute Gasteiger partial charge is 0.497 e. The molecule has 2 fully saturated rings. The van der Waals surface area contributed by atoms with Crippen LogP contribution in [-0.4, -0.2) is 58.3 Å². The molecule has 2 saturated heterocycles. The number of pyridine rings is 2. The highest BCUT2D eigenvalue weighted by atomic mass is 32.2. The van der Waals surface area contributed by atoms with E-state index in [-0.39, 0.29) is 5.91 Å². The third-order valence-electron chi connectivity index (χ3n) is 7.92. The highest BCUT2D eigenvalue weighted by Gasteiger charge is 2.40. The van der Waals surface area contributed by atoms with Crippen LogP contribution in [0.4, 0.5) is 5.82 Å². The number of piperidine rings is 1. The normalized spacial score (nSPS) is 22.9. The minimum absolute atomic E-state index is 0.0137. The number of nitrogens with one attached hydrogen (secondary N) is 2. The van der Waals surface area contributed by atoms with Gasteiger partial charge in [0.1, 0.15) is 17.6 Å². The van der Waals surface area contributed by atoms with Crippen LogP contribution in [0.3, 0.4) is 0 Å². The van der Waals surface area contributed by atoms with E-state index in [1.54, 1.807) is 25.1 Å². The van der Waals surface area contributed by atoms with Crippen molar-refractivity contribution >= 4 is 34.4 Å². The standard InChI is InChI=1S/C28H30N6O2S/c1-36-22-5-6-25-24(12-22)23(17(13-29)14-31-25)8-9-34-20-3-4-21(34)11-19(10-20)30-15-18-2-7-26-28(32-18)33-27(35)16-37-26/h2,5-7,12,14,19-21,30H,3-4,8-11,15-16H2,1H3,(H,32,33,35)/t19?,20-,21+. The topological polar surface area (TPSA) is 103 Å². The van der Waals surface area contributed by atoms with Crippen molar-refractivity contribution in [3.63, 3.8) is 0 Å². The van der Waals surface area contributed by atoms with E-state index in [0.717, 1.165) is 58.6 Å². The Hall–Kier alpha value is -3.19. The van der Waals surface area contributed by atoms with Gasteiger partial charge in [-0.05, 0) is 68.0 Å². The Morgan fingerprint density at radius 1 is 1.24 bits per heavy atom. The molecule has 1 amide bonds. The van der Waals surface area contributed by atoms with E-state index in [2.05, 4.69) is 43.7 Å². The van der Waals surface area contributed by atoms with Crippen molar-refractivity contribution in [2.24, 2.45) is 0 Å². The van der Waals surface area contributed by atoms with Crippen LogP contribution in [-0.2, 0) is 17.8 Å². The van der Waals surface area contributed by atoms with Crippen molar-refractivity contribution in [2.75, 3.05) is 24.7 Å². The fourth-order valence-corrected chi connectivity index (χ4v) is 6.87. The van der Waals surface area contributed by atoms with Gasteiger partial charge in [-0.15, -0.1) is 11.8 Å². The van der Waals surface area contributed by atoms with Gasteiger partial charge in [0.25, 0.3) is 0 Å². The Kier molecular flexibility index (Phi) is 6.72. The van der Waals surface area contributed by atoms with Crippen LogP contribution < -0.4 is 15.4 Å². The summed E-state index contributed by atoms with van der Waals surface area (Å²) in [4.78, 5) is 24.6. The number of benzene rings is 1. The van der Waals surface area contributed by atoms with E-state index in [9.17, 15) is 10.1 Å². The molecule has 2 bridgehead atoms. The predicted octanol–water partition coefficient (Wildman–Crippen LogP) is 3.88. The summed E-state index contributed by atoms with van der Waals surface area (Å²) < 4.78 is 5.44. The molecule has 6 rings (SSSR count). The molecule has 2 aromatic heterocycles. The number of methoxy groups -OCH3 is 1. The van der Waals surface area contributed by atoms with Gasteiger partial charge in [0.05, 0.1) is 34.5 Å². The lowest BCUT2D eigenvalue weighted by Gasteiger charge is -2.39. The molecule has 3 aliphatic rings. The fourth-order valence-electron chi connectivity index (χ4n) is 6.12. The van der Waals surface area contributed by atoms with Crippen molar-refractivity contribution in [1.29, 1.82) is 5.26 Å². The maximum atomic E-state index is 11.7. The number of anilines is 1. The first kappa shape index (κ1) is 24.2. The molecule has 1 unspecified atom stereocenters. The first-order chi connectivity index (χ1) is 18.1. The molecule has 0 spiro atoms. The quantitative estimate of drug-likeness (QED) is 0.490. The fraction of sp³-hybridized carbons (Fsp3) is 0.429. The number of nitrogens with zero attached hydrogens (tertiary/aromatic N) is 4. The van der Waals surface area contributed by atoms with Crippen LogP contribution in [0.5, 0.6) is 5.75 Å². The number of amides is 1. The number of hydrogen-bond donors (Lipinski definition) is 2. The van der Waals surface area contributed by atoms with Crippen LogP contribution in [0.15, 0.2) is 41.4 Å². The maximum Gasteiger partial charge on any atom is 0.235 e. The molecule has 3 aliphatic heterocycles. The SMILES string of the molecule is COc1ccc2ncc(C#N)c(CCN3[C@@H]4CC[C@H]3CC(NCc3ccc5c(n3)NC(=O)CS5)C4)c2c1. The molecule has 8 nitrogen and oxygen atoms in total. The van der Waals surface area contributed by atoms with Gasteiger partial charge in [-0.25, -0.2) is 4.98 Å². The number of thioether (sulfide) groups is 1.